The molecule has 1 aliphatic carbocycles. The summed E-state index contributed by atoms with van der Waals surface area (Å²) in [5, 5.41) is 3.42. The average Bonchev–Trinajstić information content (AvgIpc) is 3.00. The van der Waals surface area contributed by atoms with Crippen LogP contribution in [-0.4, -0.2) is 19.0 Å². The van der Waals surface area contributed by atoms with Crippen LogP contribution in [0.2, 0.25) is 0 Å². The zero-order valence-electron chi connectivity index (χ0n) is 13.1. The Hall–Kier alpha value is -1.74. The van der Waals surface area contributed by atoms with Crippen LogP contribution < -0.4 is 5.32 Å². The molecule has 1 saturated carbocycles. The van der Waals surface area contributed by atoms with Crippen molar-refractivity contribution in [2.24, 2.45) is 5.92 Å². The van der Waals surface area contributed by atoms with Crippen molar-refractivity contribution in [1.82, 2.24) is 4.90 Å². The maximum absolute atomic E-state index is 5.91. The minimum Gasteiger partial charge on any atom is -0.464 e. The van der Waals surface area contributed by atoms with Crippen molar-refractivity contribution >= 4 is 5.69 Å². The van der Waals surface area contributed by atoms with Crippen molar-refractivity contribution in [2.45, 2.75) is 32.4 Å². The lowest BCUT2D eigenvalue weighted by Crippen LogP contribution is -2.10. The van der Waals surface area contributed by atoms with Gasteiger partial charge in [0.15, 0.2) is 0 Å². The fourth-order valence-corrected chi connectivity index (χ4v) is 2.69. The molecule has 1 N–H and O–H groups in total. The first-order valence-electron chi connectivity index (χ1n) is 7.68. The Bertz CT molecular complexity index is 586. The zero-order chi connectivity index (χ0) is 14.8. The average molecular weight is 284 g/mol. The highest BCUT2D eigenvalue weighted by molar-refractivity contribution is 5.44. The van der Waals surface area contributed by atoms with Gasteiger partial charge in [-0.15, -0.1) is 0 Å². The summed E-state index contributed by atoms with van der Waals surface area (Å²) in [7, 11) is 4.17. The third kappa shape index (κ3) is 3.67. The summed E-state index contributed by atoms with van der Waals surface area (Å²) < 4.78 is 5.91. The molecule has 21 heavy (non-hydrogen) atoms. The highest BCUT2D eigenvalue weighted by atomic mass is 16.3. The van der Waals surface area contributed by atoms with E-state index in [9.17, 15) is 0 Å². The summed E-state index contributed by atoms with van der Waals surface area (Å²) in [6.45, 7) is 4.00. The molecule has 2 atom stereocenters. The van der Waals surface area contributed by atoms with Crippen molar-refractivity contribution in [3.63, 3.8) is 0 Å². The van der Waals surface area contributed by atoms with E-state index in [0.29, 0.717) is 5.92 Å². The predicted octanol–water partition coefficient (Wildman–Crippen LogP) is 4.08. The van der Waals surface area contributed by atoms with Gasteiger partial charge in [-0.25, -0.2) is 0 Å². The lowest BCUT2D eigenvalue weighted by Gasteiger charge is -2.10. The van der Waals surface area contributed by atoms with Gasteiger partial charge in [-0.1, -0.05) is 19.1 Å². The molecule has 0 amide bonds. The highest BCUT2D eigenvalue weighted by Gasteiger charge is 2.36. The van der Waals surface area contributed by atoms with Gasteiger partial charge in [0, 0.05) is 18.2 Å². The Morgan fingerprint density at radius 3 is 2.48 bits per heavy atom. The third-order valence-electron chi connectivity index (χ3n) is 4.08. The fraction of sp³-hybridized carbons (Fsp3) is 0.444. The standard InChI is InChI=1S/C18H24N2O/c1-13-10-17(13)18-9-8-16(21-18)11-19-15-6-4-14(5-7-15)12-20(2)3/h4-9,13,17,19H,10-12H2,1-3H3. The molecule has 0 saturated heterocycles. The Labute approximate surface area is 127 Å². The quantitative estimate of drug-likeness (QED) is 0.866. The molecule has 3 nitrogen and oxygen atoms in total. The van der Waals surface area contributed by atoms with Gasteiger partial charge in [0.05, 0.1) is 6.54 Å². The van der Waals surface area contributed by atoms with Crippen molar-refractivity contribution < 1.29 is 4.42 Å². The monoisotopic (exact) mass is 284 g/mol. The van der Waals surface area contributed by atoms with E-state index in [1.165, 1.54) is 12.0 Å². The topological polar surface area (TPSA) is 28.4 Å². The van der Waals surface area contributed by atoms with Gasteiger partial charge < -0.3 is 14.6 Å². The summed E-state index contributed by atoms with van der Waals surface area (Å²) in [6, 6.07) is 12.8. The first-order valence-corrected chi connectivity index (χ1v) is 7.68. The van der Waals surface area contributed by atoms with Crippen molar-refractivity contribution in [3.05, 3.63) is 53.5 Å². The summed E-state index contributed by atoms with van der Waals surface area (Å²) in [5.41, 5.74) is 2.46. The van der Waals surface area contributed by atoms with Crippen molar-refractivity contribution in [3.8, 4) is 0 Å². The highest BCUT2D eigenvalue weighted by Crippen LogP contribution is 2.47. The molecule has 2 unspecified atom stereocenters. The molecule has 1 aliphatic rings. The Balaban J connectivity index is 1.53. The largest absolute Gasteiger partial charge is 0.464 e. The van der Waals surface area contributed by atoms with Crippen LogP contribution in [0.4, 0.5) is 5.69 Å². The number of anilines is 1. The van der Waals surface area contributed by atoms with E-state index in [1.807, 2.05) is 0 Å². The molecule has 1 heterocycles. The molecule has 1 aromatic heterocycles. The number of benzene rings is 1. The number of hydrogen-bond acceptors (Lipinski definition) is 3. The van der Waals surface area contributed by atoms with Crippen molar-refractivity contribution in [2.75, 3.05) is 19.4 Å². The first kappa shape index (κ1) is 14.2. The minimum absolute atomic E-state index is 0.657. The smallest absolute Gasteiger partial charge is 0.123 e. The van der Waals surface area contributed by atoms with Crippen LogP contribution in [0.25, 0.3) is 0 Å². The van der Waals surface area contributed by atoms with Gasteiger partial charge in [-0.2, -0.15) is 0 Å². The molecular weight excluding hydrogens is 260 g/mol. The van der Waals surface area contributed by atoms with Crippen LogP contribution in [0, 0.1) is 5.92 Å². The number of rotatable bonds is 6. The second-order valence-electron chi connectivity index (χ2n) is 6.41. The lowest BCUT2D eigenvalue weighted by atomic mass is 10.2. The third-order valence-corrected chi connectivity index (χ3v) is 4.08. The van der Waals surface area contributed by atoms with E-state index in [2.05, 4.69) is 67.6 Å². The van der Waals surface area contributed by atoms with E-state index < -0.39 is 0 Å². The molecule has 0 aliphatic heterocycles. The molecule has 112 valence electrons. The number of nitrogens with zero attached hydrogens (tertiary/aromatic N) is 1. The Morgan fingerprint density at radius 1 is 1.14 bits per heavy atom. The van der Waals surface area contributed by atoms with E-state index in [4.69, 9.17) is 4.42 Å². The van der Waals surface area contributed by atoms with Gasteiger partial charge in [0.2, 0.25) is 0 Å². The summed E-state index contributed by atoms with van der Waals surface area (Å²) in [6.07, 6.45) is 1.27. The molecule has 0 spiro atoms. The Morgan fingerprint density at radius 2 is 1.86 bits per heavy atom. The van der Waals surface area contributed by atoms with E-state index in [0.717, 1.165) is 36.2 Å². The van der Waals surface area contributed by atoms with Gasteiger partial charge >= 0.3 is 0 Å². The van der Waals surface area contributed by atoms with Gasteiger partial charge in [0.1, 0.15) is 11.5 Å². The number of hydrogen-bond donors (Lipinski definition) is 1. The fourth-order valence-electron chi connectivity index (χ4n) is 2.69. The first-order chi connectivity index (χ1) is 10.1. The molecule has 1 aromatic carbocycles. The normalized spacial score (nSPS) is 20.8. The van der Waals surface area contributed by atoms with Gasteiger partial charge in [-0.05, 0) is 56.3 Å². The van der Waals surface area contributed by atoms with Crippen LogP contribution in [0.15, 0.2) is 40.8 Å². The van der Waals surface area contributed by atoms with Crippen LogP contribution in [0.5, 0.6) is 0 Å². The molecule has 0 bridgehead atoms. The van der Waals surface area contributed by atoms with Gasteiger partial charge in [-0.3, -0.25) is 0 Å². The summed E-state index contributed by atoms with van der Waals surface area (Å²) in [4.78, 5) is 2.17. The van der Waals surface area contributed by atoms with Crippen LogP contribution >= 0.6 is 0 Å². The number of nitrogens with one attached hydrogen (secondary N) is 1. The maximum atomic E-state index is 5.91. The van der Waals surface area contributed by atoms with Crippen LogP contribution in [-0.2, 0) is 13.1 Å². The predicted molar refractivity (Wildman–Crippen MR) is 86.4 cm³/mol. The molecular formula is C18H24N2O. The van der Waals surface area contributed by atoms with E-state index in [-0.39, 0.29) is 0 Å². The maximum Gasteiger partial charge on any atom is 0.123 e. The molecule has 1 fully saturated rings. The van der Waals surface area contributed by atoms with Crippen molar-refractivity contribution in [1.29, 1.82) is 0 Å². The number of furan rings is 1. The SMILES string of the molecule is CC1CC1c1ccc(CNc2ccc(CN(C)C)cc2)o1. The van der Waals surface area contributed by atoms with Crippen LogP contribution in [0.3, 0.4) is 0 Å². The summed E-state index contributed by atoms with van der Waals surface area (Å²) in [5.74, 6) is 3.62. The molecule has 3 heteroatoms. The van der Waals surface area contributed by atoms with Crippen LogP contribution in [0.1, 0.15) is 36.3 Å². The lowest BCUT2D eigenvalue weighted by molar-refractivity contribution is 0.402. The summed E-state index contributed by atoms with van der Waals surface area (Å²) >= 11 is 0. The second-order valence-corrected chi connectivity index (χ2v) is 6.41. The second kappa shape index (κ2) is 5.94. The van der Waals surface area contributed by atoms with Gasteiger partial charge in [0.25, 0.3) is 0 Å². The minimum atomic E-state index is 0.657. The Kier molecular flexibility index (Phi) is 4.02. The van der Waals surface area contributed by atoms with E-state index in [1.54, 1.807) is 0 Å². The molecule has 0 radical (unpaired) electrons. The zero-order valence-corrected chi connectivity index (χ0v) is 13.1. The van der Waals surface area contributed by atoms with E-state index >= 15 is 0 Å². The molecule has 3 rings (SSSR count). The molecule has 2 aromatic rings.